The molecule has 0 radical (unpaired) electrons. The zero-order valence-corrected chi connectivity index (χ0v) is 13.3. The molecule has 1 aromatic carbocycles. The summed E-state index contributed by atoms with van der Waals surface area (Å²) >= 11 is 0. The number of benzene rings is 1. The molecule has 0 saturated carbocycles. The first-order valence-electron chi connectivity index (χ1n) is 7.83. The Morgan fingerprint density at radius 2 is 2.00 bits per heavy atom. The molecule has 0 bridgehead atoms. The van der Waals surface area contributed by atoms with Crippen LogP contribution in [-0.2, 0) is 4.79 Å². The largest absolute Gasteiger partial charge is 0.399 e. The van der Waals surface area contributed by atoms with Gasteiger partial charge in [0.05, 0.1) is 12.1 Å². The van der Waals surface area contributed by atoms with Crippen LogP contribution in [0.4, 0.5) is 5.69 Å². The van der Waals surface area contributed by atoms with Crippen molar-refractivity contribution in [2.45, 2.75) is 18.9 Å². The van der Waals surface area contributed by atoms with Gasteiger partial charge >= 0.3 is 0 Å². The van der Waals surface area contributed by atoms with Crippen LogP contribution in [-0.4, -0.2) is 54.0 Å². The van der Waals surface area contributed by atoms with Crippen molar-refractivity contribution < 1.29 is 4.79 Å². The van der Waals surface area contributed by atoms with Crippen LogP contribution in [0.2, 0.25) is 0 Å². The van der Waals surface area contributed by atoms with Crippen LogP contribution >= 0.6 is 0 Å². The number of likely N-dealkylation sites (N-methyl/N-ethyl adjacent to an activating group) is 1. The Labute approximate surface area is 131 Å². The average molecular weight is 300 g/mol. The number of anilines is 1. The van der Waals surface area contributed by atoms with Gasteiger partial charge in [0.1, 0.15) is 0 Å². The highest BCUT2D eigenvalue weighted by atomic mass is 16.2. The van der Waals surface area contributed by atoms with Gasteiger partial charge in [-0.25, -0.2) is 0 Å². The quantitative estimate of drug-likeness (QED) is 0.882. The second-order valence-corrected chi connectivity index (χ2v) is 6.34. The zero-order chi connectivity index (χ0) is 15.7. The predicted octanol–water partition coefficient (Wildman–Crippen LogP) is 1.95. The summed E-state index contributed by atoms with van der Waals surface area (Å²) in [6.45, 7) is 2.46. The molecular weight excluding hydrogens is 276 g/mol. The first-order valence-corrected chi connectivity index (χ1v) is 7.83. The van der Waals surface area contributed by atoms with E-state index >= 15 is 0 Å². The minimum atomic E-state index is 0.178. The summed E-state index contributed by atoms with van der Waals surface area (Å²) in [7, 11) is 3.62. The molecule has 2 heterocycles. The number of carbonyl (C=O) groups is 1. The fourth-order valence-corrected chi connectivity index (χ4v) is 3.17. The molecule has 2 N–H and O–H groups in total. The molecule has 1 fully saturated rings. The lowest BCUT2D eigenvalue weighted by Gasteiger charge is -2.33. The molecule has 1 amide bonds. The molecule has 2 aromatic rings. The lowest BCUT2D eigenvalue weighted by Crippen LogP contribution is -2.41. The monoisotopic (exact) mass is 300 g/mol. The SMILES string of the molecule is CN(C)C(=O)CN1CCC(n2ccc3ccc(N)cc32)CC1. The molecule has 0 aliphatic carbocycles. The van der Waals surface area contributed by atoms with Crippen LogP contribution in [0.5, 0.6) is 0 Å². The summed E-state index contributed by atoms with van der Waals surface area (Å²) in [6, 6.07) is 8.72. The lowest BCUT2D eigenvalue weighted by molar-refractivity contribution is -0.130. The number of nitrogens with two attached hydrogens (primary N) is 1. The molecule has 0 atom stereocenters. The molecule has 1 saturated heterocycles. The molecule has 0 spiro atoms. The standard InChI is InChI=1S/C17H24N4O/c1-19(2)17(22)12-20-8-6-15(7-9-20)21-10-5-13-3-4-14(18)11-16(13)21/h3-5,10-11,15H,6-9,12,18H2,1-2H3. The number of piperidine rings is 1. The summed E-state index contributed by atoms with van der Waals surface area (Å²) in [5.74, 6) is 0.178. The summed E-state index contributed by atoms with van der Waals surface area (Å²) in [5.41, 5.74) is 7.94. The second-order valence-electron chi connectivity index (χ2n) is 6.34. The normalized spacial score (nSPS) is 17.0. The molecule has 118 valence electrons. The Morgan fingerprint density at radius 3 is 2.68 bits per heavy atom. The minimum Gasteiger partial charge on any atom is -0.399 e. The van der Waals surface area contributed by atoms with E-state index in [4.69, 9.17) is 5.73 Å². The first kappa shape index (κ1) is 14.9. The van der Waals surface area contributed by atoms with E-state index < -0.39 is 0 Å². The van der Waals surface area contributed by atoms with Crippen molar-refractivity contribution in [3.63, 3.8) is 0 Å². The summed E-state index contributed by atoms with van der Waals surface area (Å²) in [4.78, 5) is 15.7. The van der Waals surface area contributed by atoms with Crippen LogP contribution in [0.3, 0.4) is 0 Å². The maximum Gasteiger partial charge on any atom is 0.236 e. The maximum absolute atomic E-state index is 11.8. The van der Waals surface area contributed by atoms with E-state index in [1.165, 1.54) is 10.9 Å². The fraction of sp³-hybridized carbons (Fsp3) is 0.471. The number of rotatable bonds is 3. The van der Waals surface area contributed by atoms with Crippen molar-refractivity contribution in [2.24, 2.45) is 0 Å². The topological polar surface area (TPSA) is 54.5 Å². The highest BCUT2D eigenvalue weighted by Gasteiger charge is 2.23. The number of hydrogen-bond acceptors (Lipinski definition) is 3. The van der Waals surface area contributed by atoms with E-state index in [9.17, 15) is 4.79 Å². The van der Waals surface area contributed by atoms with Gasteiger partial charge in [0.25, 0.3) is 0 Å². The third-order valence-corrected chi connectivity index (χ3v) is 4.56. The number of amides is 1. The smallest absolute Gasteiger partial charge is 0.236 e. The lowest BCUT2D eigenvalue weighted by atomic mass is 10.0. The second kappa shape index (κ2) is 6.01. The minimum absolute atomic E-state index is 0.178. The van der Waals surface area contributed by atoms with E-state index in [2.05, 4.69) is 33.9 Å². The number of fused-ring (bicyclic) bond motifs is 1. The van der Waals surface area contributed by atoms with Gasteiger partial charge in [0.2, 0.25) is 5.91 Å². The van der Waals surface area contributed by atoms with Crippen LogP contribution in [0.1, 0.15) is 18.9 Å². The summed E-state index contributed by atoms with van der Waals surface area (Å²) < 4.78 is 2.34. The van der Waals surface area contributed by atoms with Crippen LogP contribution in [0.15, 0.2) is 30.5 Å². The van der Waals surface area contributed by atoms with Crippen molar-refractivity contribution in [1.82, 2.24) is 14.4 Å². The third kappa shape index (κ3) is 2.95. The Morgan fingerprint density at radius 1 is 1.27 bits per heavy atom. The van der Waals surface area contributed by atoms with Crippen molar-refractivity contribution >= 4 is 22.5 Å². The van der Waals surface area contributed by atoms with Crippen molar-refractivity contribution in [3.05, 3.63) is 30.5 Å². The number of likely N-dealkylation sites (tertiary alicyclic amines) is 1. The molecule has 1 aliphatic rings. The molecular formula is C17H24N4O. The van der Waals surface area contributed by atoms with Crippen molar-refractivity contribution in [3.8, 4) is 0 Å². The van der Waals surface area contributed by atoms with Crippen LogP contribution < -0.4 is 5.73 Å². The van der Waals surface area contributed by atoms with Gasteiger partial charge in [-0.05, 0) is 36.4 Å². The fourth-order valence-electron chi connectivity index (χ4n) is 3.17. The van der Waals surface area contributed by atoms with Gasteiger partial charge in [0, 0.05) is 45.1 Å². The Kier molecular flexibility index (Phi) is 4.07. The summed E-state index contributed by atoms with van der Waals surface area (Å²) in [6.07, 6.45) is 4.30. The van der Waals surface area contributed by atoms with E-state index in [1.54, 1.807) is 4.90 Å². The number of nitrogen functional groups attached to an aromatic ring is 1. The van der Waals surface area contributed by atoms with Gasteiger partial charge in [-0.1, -0.05) is 6.07 Å². The van der Waals surface area contributed by atoms with Crippen LogP contribution in [0, 0.1) is 0 Å². The van der Waals surface area contributed by atoms with Gasteiger partial charge in [-0.15, -0.1) is 0 Å². The molecule has 0 unspecified atom stereocenters. The van der Waals surface area contributed by atoms with E-state index in [0.29, 0.717) is 12.6 Å². The highest BCUT2D eigenvalue weighted by Crippen LogP contribution is 2.28. The number of nitrogens with zero attached hydrogens (tertiary/aromatic N) is 3. The number of carbonyl (C=O) groups excluding carboxylic acids is 1. The molecule has 1 aliphatic heterocycles. The van der Waals surface area contributed by atoms with E-state index in [1.807, 2.05) is 20.2 Å². The van der Waals surface area contributed by atoms with Gasteiger partial charge in [-0.2, -0.15) is 0 Å². The van der Waals surface area contributed by atoms with Crippen molar-refractivity contribution in [2.75, 3.05) is 39.5 Å². The molecule has 1 aromatic heterocycles. The van der Waals surface area contributed by atoms with Crippen LogP contribution in [0.25, 0.3) is 10.9 Å². The number of aromatic nitrogens is 1. The van der Waals surface area contributed by atoms with Gasteiger partial charge < -0.3 is 15.2 Å². The molecule has 3 rings (SSSR count). The van der Waals surface area contributed by atoms with E-state index in [-0.39, 0.29) is 5.91 Å². The first-order chi connectivity index (χ1) is 10.5. The number of hydrogen-bond donors (Lipinski definition) is 1. The van der Waals surface area contributed by atoms with Gasteiger partial charge in [-0.3, -0.25) is 9.69 Å². The predicted molar refractivity (Wildman–Crippen MR) is 89.8 cm³/mol. The molecule has 5 nitrogen and oxygen atoms in total. The molecule has 5 heteroatoms. The van der Waals surface area contributed by atoms with E-state index in [0.717, 1.165) is 31.6 Å². The summed E-state index contributed by atoms with van der Waals surface area (Å²) in [5, 5.41) is 1.24. The van der Waals surface area contributed by atoms with Crippen molar-refractivity contribution in [1.29, 1.82) is 0 Å². The maximum atomic E-state index is 11.8. The Hall–Kier alpha value is -2.01. The van der Waals surface area contributed by atoms with Gasteiger partial charge in [0.15, 0.2) is 0 Å². The third-order valence-electron chi connectivity index (χ3n) is 4.56. The zero-order valence-electron chi connectivity index (χ0n) is 13.3. The highest BCUT2D eigenvalue weighted by molar-refractivity contribution is 5.83. The Bertz CT molecular complexity index is 668. The Balaban J connectivity index is 1.68. The molecule has 22 heavy (non-hydrogen) atoms. The average Bonchev–Trinajstić information content (AvgIpc) is 2.91.